The number of hydrogen-bond donors (Lipinski definition) is 1. The molecular weight excluding hydrogens is 458 g/mol. The van der Waals surface area contributed by atoms with E-state index >= 15 is 0 Å². The monoisotopic (exact) mass is 485 g/mol. The molecule has 174 valence electrons. The van der Waals surface area contributed by atoms with E-state index in [0.29, 0.717) is 36.9 Å². The number of benzene rings is 1. The van der Waals surface area contributed by atoms with Gasteiger partial charge in [0, 0.05) is 56.4 Å². The topological polar surface area (TPSA) is 89.9 Å². The number of carbonyl (C=O) groups is 2. The van der Waals surface area contributed by atoms with Crippen molar-refractivity contribution in [3.63, 3.8) is 0 Å². The van der Waals surface area contributed by atoms with E-state index in [4.69, 9.17) is 10.1 Å². The first-order chi connectivity index (χ1) is 15.9. The third-order valence-electron chi connectivity index (χ3n) is 5.57. The number of thioether (sulfide) groups is 1. The molecule has 0 spiro atoms. The maximum atomic E-state index is 13.0. The molecular formula is C23H27N5O3S2. The molecule has 0 saturated carbocycles. The highest BCUT2D eigenvalue weighted by molar-refractivity contribution is 7.99. The number of amides is 1. The number of carboxylic acids is 1. The molecule has 1 amide bonds. The minimum atomic E-state index is -0.892. The highest BCUT2D eigenvalue weighted by Crippen LogP contribution is 2.34. The summed E-state index contributed by atoms with van der Waals surface area (Å²) in [5.74, 6) is -0.108. The van der Waals surface area contributed by atoms with E-state index in [2.05, 4.69) is 22.9 Å². The van der Waals surface area contributed by atoms with Gasteiger partial charge in [0.05, 0.1) is 11.1 Å². The largest absolute Gasteiger partial charge is 0.481 e. The molecule has 0 atom stereocenters. The lowest BCUT2D eigenvalue weighted by Crippen LogP contribution is -2.49. The van der Waals surface area contributed by atoms with E-state index in [9.17, 15) is 9.59 Å². The number of aromatic nitrogens is 2. The van der Waals surface area contributed by atoms with Gasteiger partial charge < -0.3 is 19.8 Å². The van der Waals surface area contributed by atoms with Crippen LogP contribution in [0.4, 0.5) is 11.5 Å². The molecule has 1 aliphatic rings. The fourth-order valence-corrected chi connectivity index (χ4v) is 5.33. The van der Waals surface area contributed by atoms with Crippen LogP contribution in [0.25, 0.3) is 10.2 Å². The van der Waals surface area contributed by atoms with Gasteiger partial charge in [0.25, 0.3) is 5.91 Å². The fraction of sp³-hybridized carbons (Fsp3) is 0.391. The Bertz CT molecular complexity index is 1150. The Hall–Kier alpha value is -2.85. The van der Waals surface area contributed by atoms with Gasteiger partial charge in [0.1, 0.15) is 10.6 Å². The van der Waals surface area contributed by atoms with Crippen LogP contribution in [-0.2, 0) is 11.2 Å². The SMILES string of the molecule is CCc1cc2c(N3CCN(C(=O)c4ccc(N(C)C)cc4)CC3)nc(SCC(=O)O)nc2s1. The number of aliphatic carboxylic acids is 1. The van der Waals surface area contributed by atoms with Crippen molar-refractivity contribution in [2.24, 2.45) is 0 Å². The van der Waals surface area contributed by atoms with E-state index in [1.165, 1.54) is 4.88 Å². The predicted molar refractivity (Wildman–Crippen MR) is 134 cm³/mol. The Labute approximate surface area is 201 Å². The summed E-state index contributed by atoms with van der Waals surface area (Å²) >= 11 is 2.76. The van der Waals surface area contributed by atoms with Crippen LogP contribution in [0, 0.1) is 0 Å². The van der Waals surface area contributed by atoms with Gasteiger partial charge in [0.2, 0.25) is 0 Å². The van der Waals surface area contributed by atoms with E-state index in [0.717, 1.165) is 39.9 Å². The second kappa shape index (κ2) is 9.96. The molecule has 1 aliphatic heterocycles. The Morgan fingerprint density at radius 3 is 2.42 bits per heavy atom. The number of nitrogens with zero attached hydrogens (tertiary/aromatic N) is 5. The Morgan fingerprint density at radius 2 is 1.82 bits per heavy atom. The third kappa shape index (κ3) is 5.22. The highest BCUT2D eigenvalue weighted by Gasteiger charge is 2.25. The van der Waals surface area contributed by atoms with E-state index in [1.807, 2.05) is 48.2 Å². The molecule has 4 rings (SSSR count). The van der Waals surface area contributed by atoms with Gasteiger partial charge in [-0.3, -0.25) is 9.59 Å². The second-order valence-electron chi connectivity index (χ2n) is 8.02. The number of anilines is 2. The number of carboxylic acid groups (broad SMARTS) is 1. The van der Waals surface area contributed by atoms with Crippen molar-refractivity contribution in [1.29, 1.82) is 0 Å². The summed E-state index contributed by atoms with van der Waals surface area (Å²) in [5.41, 5.74) is 1.75. The number of fused-ring (bicyclic) bond motifs is 1. The Balaban J connectivity index is 1.51. The number of rotatable bonds is 7. The molecule has 1 aromatic carbocycles. The quantitative estimate of drug-likeness (QED) is 0.402. The molecule has 0 bridgehead atoms. The first kappa shape index (κ1) is 23.3. The normalized spacial score (nSPS) is 14.0. The first-order valence-electron chi connectivity index (χ1n) is 10.8. The van der Waals surface area contributed by atoms with Crippen LogP contribution in [0.15, 0.2) is 35.5 Å². The number of piperazine rings is 1. The molecule has 0 aliphatic carbocycles. The lowest BCUT2D eigenvalue weighted by Gasteiger charge is -2.35. The minimum absolute atomic E-state index is 0.0364. The summed E-state index contributed by atoms with van der Waals surface area (Å²) in [4.78, 5) is 41.5. The lowest BCUT2D eigenvalue weighted by atomic mass is 10.1. The standard InChI is InChI=1S/C23H27N5O3S2/c1-4-17-13-18-20(24-23(25-21(18)33-17)32-14-19(29)30)27-9-11-28(12-10-27)22(31)15-5-7-16(8-6-15)26(2)3/h5-8,13H,4,9-12,14H2,1-3H3,(H,29,30). The van der Waals surface area contributed by atoms with Crippen LogP contribution in [0.3, 0.4) is 0 Å². The van der Waals surface area contributed by atoms with Crippen LogP contribution in [0.1, 0.15) is 22.2 Å². The van der Waals surface area contributed by atoms with Crippen molar-refractivity contribution in [1.82, 2.24) is 14.9 Å². The summed E-state index contributed by atoms with van der Waals surface area (Å²) < 4.78 is 0. The van der Waals surface area contributed by atoms with Crippen molar-refractivity contribution >= 4 is 56.7 Å². The molecule has 2 aromatic heterocycles. The van der Waals surface area contributed by atoms with E-state index < -0.39 is 5.97 Å². The molecule has 0 unspecified atom stereocenters. The number of thiophene rings is 1. The fourth-order valence-electron chi connectivity index (χ4n) is 3.75. The zero-order valence-electron chi connectivity index (χ0n) is 18.9. The van der Waals surface area contributed by atoms with E-state index in [-0.39, 0.29) is 11.7 Å². The number of aryl methyl sites for hydroxylation is 1. The molecule has 1 fully saturated rings. The molecule has 1 N–H and O–H groups in total. The Morgan fingerprint density at radius 1 is 1.12 bits per heavy atom. The molecule has 10 heteroatoms. The molecule has 33 heavy (non-hydrogen) atoms. The van der Waals surface area contributed by atoms with Gasteiger partial charge in [-0.15, -0.1) is 11.3 Å². The second-order valence-corrected chi connectivity index (χ2v) is 10.1. The average molecular weight is 486 g/mol. The van der Waals surface area contributed by atoms with Gasteiger partial charge in [-0.05, 0) is 36.8 Å². The molecule has 3 aromatic rings. The van der Waals surface area contributed by atoms with Gasteiger partial charge in [-0.2, -0.15) is 0 Å². The van der Waals surface area contributed by atoms with Gasteiger partial charge in [-0.1, -0.05) is 18.7 Å². The van der Waals surface area contributed by atoms with Gasteiger partial charge >= 0.3 is 5.97 Å². The molecule has 3 heterocycles. The van der Waals surface area contributed by atoms with Crippen LogP contribution < -0.4 is 9.80 Å². The first-order valence-corrected chi connectivity index (χ1v) is 12.6. The summed E-state index contributed by atoms with van der Waals surface area (Å²) in [5, 5.41) is 10.5. The third-order valence-corrected chi connectivity index (χ3v) is 7.58. The zero-order chi connectivity index (χ0) is 23.5. The number of hydrogen-bond acceptors (Lipinski definition) is 8. The van der Waals surface area contributed by atoms with Crippen molar-refractivity contribution in [2.75, 3.05) is 55.8 Å². The van der Waals surface area contributed by atoms with Crippen molar-refractivity contribution in [3.8, 4) is 0 Å². The maximum absolute atomic E-state index is 13.0. The highest BCUT2D eigenvalue weighted by atomic mass is 32.2. The molecule has 8 nitrogen and oxygen atoms in total. The smallest absolute Gasteiger partial charge is 0.313 e. The summed E-state index contributed by atoms with van der Waals surface area (Å²) in [6.07, 6.45) is 0.910. The molecule has 0 radical (unpaired) electrons. The Kier molecular flexibility index (Phi) is 7.04. The predicted octanol–water partition coefficient (Wildman–Crippen LogP) is 3.46. The van der Waals surface area contributed by atoms with E-state index in [1.54, 1.807) is 11.3 Å². The van der Waals surface area contributed by atoms with Crippen molar-refractivity contribution in [3.05, 3.63) is 40.8 Å². The van der Waals surface area contributed by atoms with Gasteiger partial charge in [0.15, 0.2) is 5.16 Å². The van der Waals surface area contributed by atoms with Crippen molar-refractivity contribution in [2.45, 2.75) is 18.5 Å². The van der Waals surface area contributed by atoms with Crippen molar-refractivity contribution < 1.29 is 14.7 Å². The lowest BCUT2D eigenvalue weighted by molar-refractivity contribution is -0.133. The van der Waals surface area contributed by atoms with Crippen LogP contribution >= 0.6 is 23.1 Å². The summed E-state index contributed by atoms with van der Waals surface area (Å²) in [7, 11) is 3.95. The molecule has 1 saturated heterocycles. The summed E-state index contributed by atoms with van der Waals surface area (Å²) in [6, 6.07) is 9.80. The van der Waals surface area contributed by atoms with Crippen LogP contribution in [0.2, 0.25) is 0 Å². The average Bonchev–Trinajstić information content (AvgIpc) is 3.25. The van der Waals surface area contributed by atoms with Gasteiger partial charge in [-0.25, -0.2) is 9.97 Å². The van der Waals surface area contributed by atoms with Crippen LogP contribution in [0.5, 0.6) is 0 Å². The minimum Gasteiger partial charge on any atom is -0.481 e. The van der Waals surface area contributed by atoms with Crippen LogP contribution in [-0.4, -0.2) is 77.9 Å². The maximum Gasteiger partial charge on any atom is 0.313 e. The zero-order valence-corrected chi connectivity index (χ0v) is 20.6. The number of carbonyl (C=O) groups excluding carboxylic acids is 1. The summed E-state index contributed by atoms with van der Waals surface area (Å²) in [6.45, 7) is 4.62.